The van der Waals surface area contributed by atoms with Crippen LogP contribution in [0.2, 0.25) is 10.0 Å². The van der Waals surface area contributed by atoms with Gasteiger partial charge in [0.1, 0.15) is 0 Å². The fraction of sp³-hybridized carbons (Fsp3) is 0.222. The van der Waals surface area contributed by atoms with Crippen molar-refractivity contribution < 1.29 is 23.8 Å². The first kappa shape index (κ1) is 18.4. The van der Waals surface area contributed by atoms with Crippen molar-refractivity contribution in [3.8, 4) is 11.5 Å². The third-order valence-electron chi connectivity index (χ3n) is 3.75. The molecule has 26 heavy (non-hydrogen) atoms. The van der Waals surface area contributed by atoms with Crippen molar-refractivity contribution in [2.24, 2.45) is 0 Å². The van der Waals surface area contributed by atoms with Gasteiger partial charge in [0.2, 0.25) is 6.79 Å². The van der Waals surface area contributed by atoms with Crippen LogP contribution in [-0.4, -0.2) is 25.3 Å². The summed E-state index contributed by atoms with van der Waals surface area (Å²) in [6.45, 7) is 1.47. The minimum Gasteiger partial charge on any atom is -0.454 e. The van der Waals surface area contributed by atoms with Crippen LogP contribution in [0, 0.1) is 0 Å². The predicted octanol–water partition coefficient (Wildman–Crippen LogP) is 3.76. The van der Waals surface area contributed by atoms with E-state index < -0.39 is 18.5 Å². The van der Waals surface area contributed by atoms with Gasteiger partial charge in [-0.05, 0) is 42.8 Å². The summed E-state index contributed by atoms with van der Waals surface area (Å²) in [6, 6.07) is 9.32. The quantitative estimate of drug-likeness (QED) is 0.780. The highest BCUT2D eigenvalue weighted by atomic mass is 35.5. The Morgan fingerprint density at radius 3 is 2.69 bits per heavy atom. The molecule has 0 fully saturated rings. The molecule has 1 N–H and O–H groups in total. The van der Waals surface area contributed by atoms with Gasteiger partial charge >= 0.3 is 5.97 Å². The van der Waals surface area contributed by atoms with Gasteiger partial charge in [-0.2, -0.15) is 0 Å². The van der Waals surface area contributed by atoms with Gasteiger partial charge in [-0.1, -0.05) is 29.3 Å². The van der Waals surface area contributed by atoms with Gasteiger partial charge in [-0.25, -0.2) is 4.79 Å². The molecule has 1 amide bonds. The molecule has 0 saturated heterocycles. The van der Waals surface area contributed by atoms with Gasteiger partial charge in [-0.3, -0.25) is 4.79 Å². The summed E-state index contributed by atoms with van der Waals surface area (Å²) in [5.74, 6) is -0.0453. The maximum absolute atomic E-state index is 12.1. The second kappa shape index (κ2) is 7.85. The zero-order valence-electron chi connectivity index (χ0n) is 13.8. The summed E-state index contributed by atoms with van der Waals surface area (Å²) in [5, 5.41) is 3.67. The van der Waals surface area contributed by atoms with Crippen molar-refractivity contribution in [3.63, 3.8) is 0 Å². The summed E-state index contributed by atoms with van der Waals surface area (Å²) >= 11 is 12.0. The lowest BCUT2D eigenvalue weighted by molar-refractivity contribution is -0.124. The molecular formula is C18H15Cl2NO5. The maximum atomic E-state index is 12.1. The van der Waals surface area contributed by atoms with Crippen LogP contribution in [0.5, 0.6) is 11.5 Å². The van der Waals surface area contributed by atoms with Crippen molar-refractivity contribution in [1.82, 2.24) is 5.32 Å². The number of fused-ring (bicyclic) bond motifs is 1. The summed E-state index contributed by atoms with van der Waals surface area (Å²) in [5.41, 5.74) is 0.988. The molecule has 8 heteroatoms. The molecule has 136 valence electrons. The Bertz CT molecular complexity index is 855. The fourth-order valence-corrected chi connectivity index (χ4v) is 3.02. The van der Waals surface area contributed by atoms with Crippen LogP contribution in [0.25, 0.3) is 0 Å². The number of halogens is 2. The Morgan fingerprint density at radius 1 is 1.15 bits per heavy atom. The highest BCUT2D eigenvalue weighted by Gasteiger charge is 2.18. The topological polar surface area (TPSA) is 73.9 Å². The van der Waals surface area contributed by atoms with Crippen LogP contribution in [-0.2, 0) is 9.53 Å². The minimum atomic E-state index is -0.629. The average molecular weight is 396 g/mol. The van der Waals surface area contributed by atoms with E-state index in [1.165, 1.54) is 6.07 Å². The van der Waals surface area contributed by atoms with Crippen LogP contribution in [0.4, 0.5) is 0 Å². The average Bonchev–Trinajstić information content (AvgIpc) is 3.07. The molecule has 0 radical (unpaired) electrons. The van der Waals surface area contributed by atoms with Gasteiger partial charge in [0, 0.05) is 10.0 Å². The van der Waals surface area contributed by atoms with E-state index >= 15 is 0 Å². The number of esters is 1. The molecule has 0 unspecified atom stereocenters. The van der Waals surface area contributed by atoms with Crippen molar-refractivity contribution >= 4 is 35.1 Å². The number of carbonyl (C=O) groups is 2. The van der Waals surface area contributed by atoms with E-state index in [0.29, 0.717) is 27.1 Å². The summed E-state index contributed by atoms with van der Waals surface area (Å²) in [4.78, 5) is 24.1. The second-order valence-corrected chi connectivity index (χ2v) is 6.44. The molecule has 0 aromatic heterocycles. The van der Waals surface area contributed by atoms with Gasteiger partial charge in [-0.15, -0.1) is 0 Å². The van der Waals surface area contributed by atoms with E-state index in [2.05, 4.69) is 5.32 Å². The second-order valence-electron chi connectivity index (χ2n) is 5.60. The van der Waals surface area contributed by atoms with Crippen molar-refractivity contribution in [2.75, 3.05) is 13.4 Å². The first-order valence-electron chi connectivity index (χ1n) is 7.75. The molecule has 0 saturated carbocycles. The number of rotatable bonds is 5. The normalized spacial score (nSPS) is 13.2. The van der Waals surface area contributed by atoms with Crippen LogP contribution >= 0.6 is 23.2 Å². The largest absolute Gasteiger partial charge is 0.454 e. The first-order valence-corrected chi connectivity index (χ1v) is 8.50. The Hall–Kier alpha value is -2.44. The maximum Gasteiger partial charge on any atom is 0.338 e. The Labute approximate surface area is 159 Å². The Balaban J connectivity index is 1.54. The standard InChI is InChI=1S/C18H15Cl2NO5/c1-10(13-4-3-12(19)7-14(13)20)21-17(22)8-24-18(23)11-2-5-15-16(6-11)26-9-25-15/h2-7,10H,8-9H2,1H3,(H,21,22)/t10-/m0/s1. The SMILES string of the molecule is C[C@H](NC(=O)COC(=O)c1ccc2c(c1)OCO2)c1ccc(Cl)cc1Cl. The molecular weight excluding hydrogens is 381 g/mol. The van der Waals surface area contributed by atoms with E-state index in [1.54, 1.807) is 37.3 Å². The van der Waals surface area contributed by atoms with E-state index in [1.807, 2.05) is 0 Å². The number of benzene rings is 2. The number of amides is 1. The van der Waals surface area contributed by atoms with Crippen LogP contribution in [0.3, 0.4) is 0 Å². The molecule has 1 heterocycles. The fourth-order valence-electron chi connectivity index (χ4n) is 2.45. The molecule has 1 aliphatic heterocycles. The van der Waals surface area contributed by atoms with Crippen LogP contribution in [0.15, 0.2) is 36.4 Å². The minimum absolute atomic E-state index is 0.112. The molecule has 1 aliphatic rings. The lowest BCUT2D eigenvalue weighted by Gasteiger charge is -2.16. The number of hydrogen-bond donors (Lipinski definition) is 1. The van der Waals surface area contributed by atoms with Gasteiger partial charge in [0.05, 0.1) is 11.6 Å². The molecule has 2 aromatic carbocycles. The van der Waals surface area contributed by atoms with E-state index in [0.717, 1.165) is 0 Å². The van der Waals surface area contributed by atoms with Crippen LogP contribution < -0.4 is 14.8 Å². The molecule has 0 bridgehead atoms. The molecule has 1 atom stereocenters. The van der Waals surface area contributed by atoms with Crippen molar-refractivity contribution in [1.29, 1.82) is 0 Å². The molecule has 3 rings (SSSR count). The lowest BCUT2D eigenvalue weighted by Crippen LogP contribution is -2.31. The highest BCUT2D eigenvalue weighted by Crippen LogP contribution is 2.32. The van der Waals surface area contributed by atoms with E-state index in [-0.39, 0.29) is 18.4 Å². The third kappa shape index (κ3) is 4.20. The monoisotopic (exact) mass is 395 g/mol. The van der Waals surface area contributed by atoms with Crippen molar-refractivity contribution in [3.05, 3.63) is 57.6 Å². The zero-order valence-corrected chi connectivity index (χ0v) is 15.3. The Kier molecular flexibility index (Phi) is 5.54. The van der Waals surface area contributed by atoms with Crippen LogP contribution in [0.1, 0.15) is 28.9 Å². The molecule has 6 nitrogen and oxygen atoms in total. The van der Waals surface area contributed by atoms with Gasteiger partial charge < -0.3 is 19.5 Å². The first-order chi connectivity index (χ1) is 12.4. The highest BCUT2D eigenvalue weighted by molar-refractivity contribution is 6.35. The van der Waals surface area contributed by atoms with Gasteiger partial charge in [0.25, 0.3) is 5.91 Å². The smallest absolute Gasteiger partial charge is 0.338 e. The van der Waals surface area contributed by atoms with E-state index in [4.69, 9.17) is 37.4 Å². The molecule has 0 spiro atoms. The number of hydrogen-bond acceptors (Lipinski definition) is 5. The number of ether oxygens (including phenoxy) is 3. The molecule has 0 aliphatic carbocycles. The summed E-state index contributed by atoms with van der Waals surface area (Å²) in [7, 11) is 0. The Morgan fingerprint density at radius 2 is 1.92 bits per heavy atom. The lowest BCUT2D eigenvalue weighted by atomic mass is 10.1. The van der Waals surface area contributed by atoms with E-state index in [9.17, 15) is 9.59 Å². The van der Waals surface area contributed by atoms with Crippen molar-refractivity contribution in [2.45, 2.75) is 13.0 Å². The predicted molar refractivity (Wildman–Crippen MR) is 95.9 cm³/mol. The number of carbonyl (C=O) groups excluding carboxylic acids is 2. The molecule has 2 aromatic rings. The summed E-state index contributed by atoms with van der Waals surface area (Å²) in [6.07, 6.45) is 0. The number of nitrogens with one attached hydrogen (secondary N) is 1. The summed E-state index contributed by atoms with van der Waals surface area (Å²) < 4.78 is 15.4. The zero-order chi connectivity index (χ0) is 18.7. The third-order valence-corrected chi connectivity index (χ3v) is 4.31. The van der Waals surface area contributed by atoms with Gasteiger partial charge in [0.15, 0.2) is 18.1 Å².